The molecule has 7 heteroatoms. The van der Waals surface area contributed by atoms with Crippen molar-refractivity contribution in [3.8, 4) is 17.2 Å². The average molecular weight is 337 g/mol. The van der Waals surface area contributed by atoms with Gasteiger partial charge in [0.25, 0.3) is 5.91 Å². The highest BCUT2D eigenvalue weighted by molar-refractivity contribution is 5.92. The summed E-state index contributed by atoms with van der Waals surface area (Å²) < 4.78 is 4.88. The summed E-state index contributed by atoms with van der Waals surface area (Å²) in [5, 5.41) is 30.9. The first-order valence-electron chi connectivity index (χ1n) is 8.19. The van der Waals surface area contributed by atoms with Gasteiger partial charge in [-0.2, -0.15) is 0 Å². The molecule has 0 aromatic heterocycles. The first-order chi connectivity index (χ1) is 11.5. The van der Waals surface area contributed by atoms with Gasteiger partial charge in [0, 0.05) is 6.04 Å². The zero-order chi connectivity index (χ0) is 17.5. The molecule has 0 unspecified atom stereocenters. The number of rotatable bonds is 4. The normalized spacial score (nSPS) is 16.0. The van der Waals surface area contributed by atoms with Crippen LogP contribution in [0.1, 0.15) is 55.3 Å². The number of amides is 1. The SMILES string of the molecule is O=C(COC(=O)c1cc(O)c(O)c(O)c1)NC1CCCCCCC1. The average Bonchev–Trinajstić information content (AvgIpc) is 2.52. The molecule has 7 nitrogen and oxygen atoms in total. The molecule has 132 valence electrons. The molecule has 1 aliphatic rings. The minimum atomic E-state index is -0.867. The molecule has 1 amide bonds. The number of aromatic hydroxyl groups is 3. The van der Waals surface area contributed by atoms with E-state index in [2.05, 4.69) is 5.32 Å². The molecule has 0 radical (unpaired) electrons. The van der Waals surface area contributed by atoms with E-state index in [9.17, 15) is 24.9 Å². The summed E-state index contributed by atoms with van der Waals surface area (Å²) in [7, 11) is 0. The maximum atomic E-state index is 11.9. The summed E-state index contributed by atoms with van der Waals surface area (Å²) in [5.74, 6) is -3.23. The predicted octanol–water partition coefficient (Wildman–Crippen LogP) is 2.19. The Bertz CT molecular complexity index is 570. The van der Waals surface area contributed by atoms with Crippen molar-refractivity contribution in [2.45, 2.75) is 51.0 Å². The highest BCUT2D eigenvalue weighted by Gasteiger charge is 2.18. The van der Waals surface area contributed by atoms with E-state index < -0.39 is 29.8 Å². The number of hydrogen-bond acceptors (Lipinski definition) is 6. The first-order valence-corrected chi connectivity index (χ1v) is 8.19. The van der Waals surface area contributed by atoms with Crippen molar-refractivity contribution in [1.29, 1.82) is 0 Å². The lowest BCUT2D eigenvalue weighted by molar-refractivity contribution is -0.125. The van der Waals surface area contributed by atoms with E-state index in [0.717, 1.165) is 37.8 Å². The fourth-order valence-electron chi connectivity index (χ4n) is 2.81. The monoisotopic (exact) mass is 337 g/mol. The maximum Gasteiger partial charge on any atom is 0.338 e. The number of esters is 1. The summed E-state index contributed by atoms with van der Waals surface area (Å²) >= 11 is 0. The molecule has 0 bridgehead atoms. The lowest BCUT2D eigenvalue weighted by Gasteiger charge is -2.20. The predicted molar refractivity (Wildman–Crippen MR) is 86.0 cm³/mol. The Balaban J connectivity index is 1.83. The fraction of sp³-hybridized carbons (Fsp3) is 0.529. The van der Waals surface area contributed by atoms with Crippen LogP contribution in [0.2, 0.25) is 0 Å². The van der Waals surface area contributed by atoms with Crippen molar-refractivity contribution < 1.29 is 29.6 Å². The Kier molecular flexibility index (Phi) is 6.28. The second-order valence-electron chi connectivity index (χ2n) is 6.05. The number of ether oxygens (including phenoxy) is 1. The molecule has 0 spiro atoms. The summed E-state index contributed by atoms with van der Waals surface area (Å²) in [6.45, 7) is -0.433. The van der Waals surface area contributed by atoms with Crippen molar-refractivity contribution in [2.24, 2.45) is 0 Å². The summed E-state index contributed by atoms with van der Waals surface area (Å²) in [4.78, 5) is 23.8. The topological polar surface area (TPSA) is 116 Å². The zero-order valence-corrected chi connectivity index (χ0v) is 13.5. The molecule has 1 aliphatic carbocycles. The van der Waals surface area contributed by atoms with Crippen molar-refractivity contribution in [2.75, 3.05) is 6.61 Å². The van der Waals surface area contributed by atoms with Gasteiger partial charge in [-0.3, -0.25) is 4.79 Å². The van der Waals surface area contributed by atoms with Crippen LogP contribution in [0.15, 0.2) is 12.1 Å². The third kappa shape index (κ3) is 5.04. The number of hydrogen-bond donors (Lipinski definition) is 4. The number of phenols is 3. The summed E-state index contributed by atoms with van der Waals surface area (Å²) in [6, 6.07) is 2.03. The second-order valence-corrected chi connectivity index (χ2v) is 6.05. The molecule has 2 rings (SSSR count). The number of carbonyl (C=O) groups is 2. The van der Waals surface area contributed by atoms with Gasteiger partial charge in [-0.25, -0.2) is 4.79 Å². The molecule has 0 heterocycles. The van der Waals surface area contributed by atoms with Crippen molar-refractivity contribution in [3.63, 3.8) is 0 Å². The number of nitrogens with one attached hydrogen (secondary N) is 1. The van der Waals surface area contributed by atoms with Crippen LogP contribution < -0.4 is 5.32 Å². The molecule has 1 aromatic rings. The van der Waals surface area contributed by atoms with Gasteiger partial charge >= 0.3 is 5.97 Å². The van der Waals surface area contributed by atoms with Crippen LogP contribution in [0.3, 0.4) is 0 Å². The highest BCUT2D eigenvalue weighted by Crippen LogP contribution is 2.35. The van der Waals surface area contributed by atoms with Crippen LogP contribution in [0, 0.1) is 0 Å². The standard InChI is InChI=1S/C17H23NO6/c19-13-8-11(9-14(20)16(13)22)17(23)24-10-15(21)18-12-6-4-2-1-3-5-7-12/h8-9,12,19-20,22H,1-7,10H2,(H,18,21). The quantitative estimate of drug-likeness (QED) is 0.494. The van der Waals surface area contributed by atoms with Crippen LogP contribution in [0.5, 0.6) is 17.2 Å². The lowest BCUT2D eigenvalue weighted by atomic mass is 9.97. The van der Waals surface area contributed by atoms with E-state index >= 15 is 0 Å². The number of carbonyl (C=O) groups excluding carboxylic acids is 2. The highest BCUT2D eigenvalue weighted by atomic mass is 16.5. The van der Waals surface area contributed by atoms with Gasteiger partial charge in [0.15, 0.2) is 23.9 Å². The van der Waals surface area contributed by atoms with E-state index in [1.807, 2.05) is 0 Å². The van der Waals surface area contributed by atoms with E-state index in [1.54, 1.807) is 0 Å². The summed E-state index contributed by atoms with van der Waals surface area (Å²) in [6.07, 6.45) is 7.61. The third-order valence-corrected chi connectivity index (χ3v) is 4.11. The van der Waals surface area contributed by atoms with Crippen molar-refractivity contribution >= 4 is 11.9 Å². The minimum absolute atomic E-state index is 0.110. The Labute approximate surface area is 140 Å². The van der Waals surface area contributed by atoms with Crippen LogP contribution >= 0.6 is 0 Å². The van der Waals surface area contributed by atoms with Gasteiger partial charge in [-0.1, -0.05) is 32.1 Å². The fourth-order valence-corrected chi connectivity index (χ4v) is 2.81. The first kappa shape index (κ1) is 17.9. The number of benzene rings is 1. The maximum absolute atomic E-state index is 11.9. The van der Waals surface area contributed by atoms with Crippen molar-refractivity contribution in [3.05, 3.63) is 17.7 Å². The van der Waals surface area contributed by atoms with Crippen LogP contribution in [-0.4, -0.2) is 39.8 Å². The van der Waals surface area contributed by atoms with Gasteiger partial charge in [0.1, 0.15) is 0 Å². The summed E-state index contributed by atoms with van der Waals surface area (Å²) in [5.41, 5.74) is -0.151. The van der Waals surface area contributed by atoms with Gasteiger partial charge in [-0.15, -0.1) is 0 Å². The molecule has 1 aromatic carbocycles. The molecule has 1 saturated carbocycles. The van der Waals surface area contributed by atoms with Gasteiger partial charge in [-0.05, 0) is 25.0 Å². The van der Waals surface area contributed by atoms with Gasteiger partial charge in [0.2, 0.25) is 0 Å². The molecule has 1 fully saturated rings. The lowest BCUT2D eigenvalue weighted by Crippen LogP contribution is -2.38. The molecule has 0 saturated heterocycles. The Morgan fingerprint density at radius 3 is 2.12 bits per heavy atom. The van der Waals surface area contributed by atoms with E-state index in [-0.39, 0.29) is 17.5 Å². The largest absolute Gasteiger partial charge is 0.504 e. The third-order valence-electron chi connectivity index (χ3n) is 4.11. The molecule has 0 aliphatic heterocycles. The van der Waals surface area contributed by atoms with E-state index in [0.29, 0.717) is 0 Å². The smallest absolute Gasteiger partial charge is 0.338 e. The van der Waals surface area contributed by atoms with E-state index in [1.165, 1.54) is 19.3 Å². The second kappa shape index (κ2) is 8.42. The number of phenolic OH excluding ortho intramolecular Hbond substituents is 3. The molecule has 0 atom stereocenters. The van der Waals surface area contributed by atoms with Crippen LogP contribution in [0.4, 0.5) is 0 Å². The van der Waals surface area contributed by atoms with Gasteiger partial charge < -0.3 is 25.4 Å². The van der Waals surface area contributed by atoms with Crippen LogP contribution in [0.25, 0.3) is 0 Å². The molecular weight excluding hydrogens is 314 g/mol. The molecule has 4 N–H and O–H groups in total. The Hall–Kier alpha value is -2.44. The zero-order valence-electron chi connectivity index (χ0n) is 13.5. The minimum Gasteiger partial charge on any atom is -0.504 e. The van der Waals surface area contributed by atoms with E-state index in [4.69, 9.17) is 4.74 Å². The Morgan fingerprint density at radius 2 is 1.54 bits per heavy atom. The Morgan fingerprint density at radius 1 is 1.00 bits per heavy atom. The molecule has 24 heavy (non-hydrogen) atoms. The molecular formula is C17H23NO6. The van der Waals surface area contributed by atoms with Gasteiger partial charge in [0.05, 0.1) is 5.56 Å². The van der Waals surface area contributed by atoms with Crippen LogP contribution in [-0.2, 0) is 9.53 Å². The van der Waals surface area contributed by atoms with Crippen molar-refractivity contribution in [1.82, 2.24) is 5.32 Å².